The van der Waals surface area contributed by atoms with Crippen molar-refractivity contribution in [1.29, 1.82) is 0 Å². The monoisotopic (exact) mass is 539 g/mol. The highest BCUT2D eigenvalue weighted by molar-refractivity contribution is 7.92. The van der Waals surface area contributed by atoms with Gasteiger partial charge in [0, 0.05) is 19.0 Å². The van der Waals surface area contributed by atoms with Gasteiger partial charge in [-0.05, 0) is 49.6 Å². The lowest BCUT2D eigenvalue weighted by molar-refractivity contribution is -0.140. The van der Waals surface area contributed by atoms with Crippen molar-refractivity contribution < 1.29 is 22.4 Å². The summed E-state index contributed by atoms with van der Waals surface area (Å²) in [6.07, 6.45) is 1.14. The summed E-state index contributed by atoms with van der Waals surface area (Å²) in [6, 6.07) is 21.1. The Balaban J connectivity index is 2.08. The van der Waals surface area contributed by atoms with E-state index in [1.807, 2.05) is 75.4 Å². The maximum atomic E-state index is 14.6. The van der Waals surface area contributed by atoms with E-state index in [-0.39, 0.29) is 30.6 Å². The second kappa shape index (κ2) is 12.7. The summed E-state index contributed by atoms with van der Waals surface area (Å²) in [5.74, 6) is -1.75. The summed E-state index contributed by atoms with van der Waals surface area (Å²) in [5.41, 5.74) is 2.34. The maximum Gasteiger partial charge on any atom is 0.244 e. The largest absolute Gasteiger partial charge is 0.352 e. The number of sulfonamides is 1. The summed E-state index contributed by atoms with van der Waals surface area (Å²) in [6.45, 7) is 4.97. The van der Waals surface area contributed by atoms with E-state index in [9.17, 15) is 22.4 Å². The van der Waals surface area contributed by atoms with E-state index in [0.29, 0.717) is 0 Å². The van der Waals surface area contributed by atoms with Crippen LogP contribution in [0.5, 0.6) is 0 Å². The van der Waals surface area contributed by atoms with E-state index in [0.717, 1.165) is 33.3 Å². The fraction of sp³-hybridized carbons (Fsp3) is 0.310. The molecule has 3 rings (SSSR count). The molecule has 0 spiro atoms. The molecule has 1 atom stereocenters. The van der Waals surface area contributed by atoms with Gasteiger partial charge in [-0.2, -0.15) is 0 Å². The zero-order valence-corrected chi connectivity index (χ0v) is 22.9. The second-order valence-corrected chi connectivity index (χ2v) is 11.4. The molecule has 0 unspecified atom stereocenters. The number of amides is 2. The number of carbonyl (C=O) groups is 2. The molecule has 38 heavy (non-hydrogen) atoms. The third kappa shape index (κ3) is 7.64. The Kier molecular flexibility index (Phi) is 9.63. The molecule has 0 aliphatic heterocycles. The minimum atomic E-state index is -4.03. The van der Waals surface area contributed by atoms with Crippen molar-refractivity contribution in [3.05, 3.63) is 101 Å². The molecule has 9 heteroatoms. The lowest BCUT2D eigenvalue weighted by Crippen LogP contribution is -2.54. The number of hydrogen-bond acceptors (Lipinski definition) is 4. The van der Waals surface area contributed by atoms with Crippen molar-refractivity contribution in [2.45, 2.75) is 45.8 Å². The first-order valence-electron chi connectivity index (χ1n) is 12.4. The molecule has 7 nitrogen and oxygen atoms in total. The van der Waals surface area contributed by atoms with Gasteiger partial charge < -0.3 is 10.2 Å². The third-order valence-electron chi connectivity index (χ3n) is 6.10. The topological polar surface area (TPSA) is 86.8 Å². The Morgan fingerprint density at radius 2 is 1.53 bits per heavy atom. The number of nitrogens with zero attached hydrogens (tertiary/aromatic N) is 2. The Hall–Kier alpha value is -3.72. The van der Waals surface area contributed by atoms with Gasteiger partial charge in [0.05, 0.1) is 11.9 Å². The molecule has 1 N–H and O–H groups in total. The molecule has 0 fully saturated rings. The van der Waals surface area contributed by atoms with Crippen molar-refractivity contribution in [2.75, 3.05) is 17.1 Å². The number of anilines is 1. The number of nitrogens with one attached hydrogen (secondary N) is 1. The minimum absolute atomic E-state index is 0.0728. The molecule has 0 radical (unpaired) electrons. The second-order valence-electron chi connectivity index (χ2n) is 9.54. The summed E-state index contributed by atoms with van der Waals surface area (Å²) < 4.78 is 40.8. The van der Waals surface area contributed by atoms with E-state index in [1.165, 1.54) is 23.1 Å². The standard InChI is InChI=1S/C29H34FN3O4S/c1-21(2)31-29(35)27(18-23-13-6-5-7-14-23)32(19-24-15-9-8-12-22(24)3)28(34)20-33(38(4,36)37)26-17-11-10-16-25(26)30/h5-17,21,27H,18-20H2,1-4H3,(H,31,35)/t27-/m1/s1. The van der Waals surface area contributed by atoms with Crippen LogP contribution < -0.4 is 9.62 Å². The molecule has 0 aliphatic rings. The highest BCUT2D eigenvalue weighted by Gasteiger charge is 2.34. The van der Waals surface area contributed by atoms with E-state index >= 15 is 0 Å². The lowest BCUT2D eigenvalue weighted by atomic mass is 10.0. The van der Waals surface area contributed by atoms with Gasteiger partial charge in [-0.1, -0.05) is 66.7 Å². The van der Waals surface area contributed by atoms with E-state index in [4.69, 9.17) is 0 Å². The zero-order valence-electron chi connectivity index (χ0n) is 22.1. The summed E-state index contributed by atoms with van der Waals surface area (Å²) in [4.78, 5) is 28.8. The highest BCUT2D eigenvalue weighted by atomic mass is 32.2. The predicted molar refractivity (Wildman–Crippen MR) is 148 cm³/mol. The molecule has 0 saturated heterocycles. The van der Waals surface area contributed by atoms with E-state index < -0.39 is 34.3 Å². The molecular weight excluding hydrogens is 505 g/mol. The van der Waals surface area contributed by atoms with Gasteiger partial charge >= 0.3 is 0 Å². The fourth-order valence-electron chi connectivity index (χ4n) is 4.15. The van der Waals surface area contributed by atoms with Crippen LogP contribution >= 0.6 is 0 Å². The number of aryl methyl sites for hydroxylation is 1. The van der Waals surface area contributed by atoms with E-state index in [1.54, 1.807) is 0 Å². The van der Waals surface area contributed by atoms with Crippen molar-refractivity contribution in [2.24, 2.45) is 0 Å². The van der Waals surface area contributed by atoms with Gasteiger partial charge in [0.15, 0.2) is 0 Å². The lowest BCUT2D eigenvalue weighted by Gasteiger charge is -2.34. The number of rotatable bonds is 11. The molecule has 0 bridgehead atoms. The quantitative estimate of drug-likeness (QED) is 0.398. The number of carbonyl (C=O) groups excluding carboxylic acids is 2. The van der Waals surface area contributed by atoms with Gasteiger partial charge in [-0.25, -0.2) is 12.8 Å². The molecule has 0 saturated carbocycles. The van der Waals surface area contributed by atoms with Gasteiger partial charge in [-0.3, -0.25) is 13.9 Å². The number of para-hydroxylation sites is 1. The summed E-state index contributed by atoms with van der Waals surface area (Å²) >= 11 is 0. The van der Waals surface area contributed by atoms with E-state index in [2.05, 4.69) is 5.32 Å². The van der Waals surface area contributed by atoms with Crippen LogP contribution in [0, 0.1) is 12.7 Å². The van der Waals surface area contributed by atoms with Crippen LogP contribution in [0.15, 0.2) is 78.9 Å². The summed E-state index contributed by atoms with van der Waals surface area (Å²) in [7, 11) is -4.03. The van der Waals surface area contributed by atoms with Gasteiger partial charge in [-0.15, -0.1) is 0 Å². The SMILES string of the molecule is Cc1ccccc1CN(C(=O)CN(c1ccccc1F)S(C)(=O)=O)[C@H](Cc1ccccc1)C(=O)NC(C)C. The van der Waals surface area contributed by atoms with Crippen LogP contribution in [0.3, 0.4) is 0 Å². The van der Waals surface area contributed by atoms with Crippen LogP contribution in [0.2, 0.25) is 0 Å². The van der Waals surface area contributed by atoms with Gasteiger partial charge in [0.25, 0.3) is 0 Å². The molecule has 0 aliphatic carbocycles. The Bertz CT molecular complexity index is 1360. The van der Waals surface area contributed by atoms with Crippen LogP contribution in [0.1, 0.15) is 30.5 Å². The zero-order chi connectivity index (χ0) is 27.9. The first kappa shape index (κ1) is 28.8. The maximum absolute atomic E-state index is 14.6. The van der Waals surface area contributed by atoms with Crippen molar-refractivity contribution in [3.8, 4) is 0 Å². The number of benzene rings is 3. The molecule has 202 valence electrons. The molecule has 3 aromatic rings. The normalized spacial score (nSPS) is 12.2. The van der Waals surface area contributed by atoms with Crippen LogP contribution in [0.4, 0.5) is 10.1 Å². The first-order chi connectivity index (χ1) is 18.0. The predicted octanol–water partition coefficient (Wildman–Crippen LogP) is 4.06. The molecule has 0 aromatic heterocycles. The molecule has 2 amide bonds. The molecule has 3 aromatic carbocycles. The average Bonchev–Trinajstić information content (AvgIpc) is 2.85. The van der Waals surface area contributed by atoms with Gasteiger partial charge in [0.1, 0.15) is 18.4 Å². The average molecular weight is 540 g/mol. The summed E-state index contributed by atoms with van der Waals surface area (Å²) in [5, 5.41) is 2.90. The Labute approximate surface area is 224 Å². The minimum Gasteiger partial charge on any atom is -0.352 e. The van der Waals surface area contributed by atoms with Crippen molar-refractivity contribution in [3.63, 3.8) is 0 Å². The number of halogens is 1. The Morgan fingerprint density at radius 1 is 0.921 bits per heavy atom. The smallest absolute Gasteiger partial charge is 0.244 e. The fourth-order valence-corrected chi connectivity index (χ4v) is 5.00. The highest BCUT2D eigenvalue weighted by Crippen LogP contribution is 2.23. The van der Waals surface area contributed by atoms with Crippen molar-refractivity contribution >= 4 is 27.5 Å². The van der Waals surface area contributed by atoms with Crippen LogP contribution in [-0.4, -0.2) is 50.0 Å². The first-order valence-corrected chi connectivity index (χ1v) is 14.2. The molecular formula is C29H34FN3O4S. The number of hydrogen-bond donors (Lipinski definition) is 1. The molecule has 0 heterocycles. The van der Waals surface area contributed by atoms with Crippen LogP contribution in [-0.2, 0) is 32.6 Å². The Morgan fingerprint density at radius 3 is 2.13 bits per heavy atom. The third-order valence-corrected chi connectivity index (χ3v) is 7.23. The van der Waals surface area contributed by atoms with Gasteiger partial charge in [0.2, 0.25) is 21.8 Å². The van der Waals surface area contributed by atoms with Crippen LogP contribution in [0.25, 0.3) is 0 Å². The van der Waals surface area contributed by atoms with Crippen molar-refractivity contribution in [1.82, 2.24) is 10.2 Å².